The van der Waals surface area contributed by atoms with Gasteiger partial charge < -0.3 is 9.84 Å². The van der Waals surface area contributed by atoms with E-state index in [4.69, 9.17) is 4.74 Å². The molecule has 2 aliphatic carbocycles. The number of allylic oxidation sites excluding steroid dienone is 5. The first-order valence-electron chi connectivity index (χ1n) is 11.6. The average molecular weight is 463 g/mol. The van der Waals surface area contributed by atoms with Crippen LogP contribution in [0.25, 0.3) is 5.57 Å². The van der Waals surface area contributed by atoms with Gasteiger partial charge in [-0.15, -0.1) is 0 Å². The summed E-state index contributed by atoms with van der Waals surface area (Å²) < 4.78 is 5.38. The Balaban J connectivity index is 1.83. The van der Waals surface area contributed by atoms with E-state index < -0.39 is 17.3 Å². The number of phenols is 1. The molecule has 4 heteroatoms. The van der Waals surface area contributed by atoms with Gasteiger partial charge in [-0.05, 0) is 35.3 Å². The van der Waals surface area contributed by atoms with E-state index in [0.717, 1.165) is 16.7 Å². The fraction of sp³-hybridized carbons (Fsp3) is 0.161. The van der Waals surface area contributed by atoms with Gasteiger partial charge in [0.2, 0.25) is 0 Å². The van der Waals surface area contributed by atoms with Crippen molar-refractivity contribution in [3.05, 3.63) is 126 Å². The molecule has 0 heterocycles. The van der Waals surface area contributed by atoms with E-state index >= 15 is 0 Å². The highest BCUT2D eigenvalue weighted by atomic mass is 16.5. The van der Waals surface area contributed by atoms with E-state index in [0.29, 0.717) is 23.3 Å². The summed E-state index contributed by atoms with van der Waals surface area (Å²) in [6, 6.07) is 24.0. The van der Waals surface area contributed by atoms with Crippen molar-refractivity contribution in [3.8, 4) is 11.5 Å². The molecular formula is C31H26O4. The second-order valence-corrected chi connectivity index (χ2v) is 8.92. The van der Waals surface area contributed by atoms with E-state index in [-0.39, 0.29) is 17.3 Å². The van der Waals surface area contributed by atoms with Crippen LogP contribution < -0.4 is 4.74 Å². The summed E-state index contributed by atoms with van der Waals surface area (Å²) in [6.07, 6.45) is 5.59. The molecule has 0 amide bonds. The monoisotopic (exact) mass is 462 g/mol. The van der Waals surface area contributed by atoms with Crippen molar-refractivity contribution in [2.45, 2.75) is 17.8 Å². The number of Topliss-reactive ketones (excluding diaryl/α,β-unsaturated/α-hetero) is 1. The lowest BCUT2D eigenvalue weighted by molar-refractivity contribution is -0.131. The van der Waals surface area contributed by atoms with Crippen LogP contribution in [-0.2, 0) is 15.0 Å². The van der Waals surface area contributed by atoms with Gasteiger partial charge in [0.15, 0.2) is 23.1 Å². The molecule has 3 aromatic rings. The maximum atomic E-state index is 14.4. The number of hydrogen-bond donors (Lipinski definition) is 1. The molecule has 0 bridgehead atoms. The number of methoxy groups -OCH3 is 1. The highest BCUT2D eigenvalue weighted by Crippen LogP contribution is 2.58. The summed E-state index contributed by atoms with van der Waals surface area (Å²) in [5.41, 5.74) is 1.99. The number of hydrogen-bond acceptors (Lipinski definition) is 4. The van der Waals surface area contributed by atoms with Gasteiger partial charge in [-0.25, -0.2) is 0 Å². The summed E-state index contributed by atoms with van der Waals surface area (Å²) in [6.45, 7) is 4.01. The van der Waals surface area contributed by atoms with Crippen molar-refractivity contribution < 1.29 is 19.4 Å². The SMILES string of the molecule is C=CC1=CCC2C(=O)C(c3ccccc3)=CC(=O)C2(c2ccccc2)C1c1cccc(OC)c1O. The molecular weight excluding hydrogens is 436 g/mol. The van der Waals surface area contributed by atoms with Crippen molar-refractivity contribution in [2.24, 2.45) is 5.92 Å². The lowest BCUT2D eigenvalue weighted by Crippen LogP contribution is -2.54. The second kappa shape index (κ2) is 8.88. The molecule has 0 saturated carbocycles. The van der Waals surface area contributed by atoms with Crippen LogP contribution in [0.3, 0.4) is 0 Å². The van der Waals surface area contributed by atoms with Crippen molar-refractivity contribution in [3.63, 3.8) is 0 Å². The number of rotatable bonds is 5. The van der Waals surface area contributed by atoms with Gasteiger partial charge in [-0.3, -0.25) is 9.59 Å². The van der Waals surface area contributed by atoms with Gasteiger partial charge in [0.05, 0.1) is 12.5 Å². The first-order chi connectivity index (χ1) is 17.0. The first kappa shape index (κ1) is 22.6. The Kier molecular flexibility index (Phi) is 5.73. The first-order valence-corrected chi connectivity index (χ1v) is 11.6. The number of ketones is 2. The summed E-state index contributed by atoms with van der Waals surface area (Å²) in [7, 11) is 1.49. The van der Waals surface area contributed by atoms with Crippen LogP contribution in [0, 0.1) is 5.92 Å². The molecule has 0 fully saturated rings. The Morgan fingerprint density at radius 1 is 0.971 bits per heavy atom. The maximum Gasteiger partial charge on any atom is 0.168 e. The number of carbonyl (C=O) groups is 2. The zero-order chi connectivity index (χ0) is 24.6. The van der Waals surface area contributed by atoms with E-state index in [2.05, 4.69) is 6.58 Å². The highest BCUT2D eigenvalue weighted by molar-refractivity contribution is 6.31. The number of para-hydroxylation sites is 1. The van der Waals surface area contributed by atoms with E-state index in [9.17, 15) is 14.7 Å². The Bertz CT molecular complexity index is 1370. The molecule has 4 nitrogen and oxygen atoms in total. The molecule has 1 N–H and O–H groups in total. The van der Waals surface area contributed by atoms with Crippen molar-refractivity contribution in [1.82, 2.24) is 0 Å². The number of carbonyl (C=O) groups excluding carboxylic acids is 2. The van der Waals surface area contributed by atoms with Crippen LogP contribution >= 0.6 is 0 Å². The van der Waals surface area contributed by atoms with Crippen molar-refractivity contribution in [1.29, 1.82) is 0 Å². The fourth-order valence-electron chi connectivity index (χ4n) is 5.79. The molecule has 0 saturated heterocycles. The number of ether oxygens (including phenoxy) is 1. The summed E-state index contributed by atoms with van der Waals surface area (Å²) in [5.74, 6) is -1.23. The molecule has 3 atom stereocenters. The fourth-order valence-corrected chi connectivity index (χ4v) is 5.79. The largest absolute Gasteiger partial charge is 0.504 e. The topological polar surface area (TPSA) is 63.6 Å². The summed E-state index contributed by atoms with van der Waals surface area (Å²) >= 11 is 0. The molecule has 0 radical (unpaired) electrons. The van der Waals surface area contributed by atoms with Gasteiger partial charge in [-0.1, -0.05) is 91.5 Å². The number of phenolic OH excluding ortho intramolecular Hbond substituents is 1. The highest BCUT2D eigenvalue weighted by Gasteiger charge is 2.59. The van der Waals surface area contributed by atoms with Crippen LogP contribution in [0.1, 0.15) is 29.0 Å². The lowest BCUT2D eigenvalue weighted by atomic mass is 9.50. The molecule has 174 valence electrons. The second-order valence-electron chi connectivity index (χ2n) is 8.92. The molecule has 2 aliphatic rings. The lowest BCUT2D eigenvalue weighted by Gasteiger charge is -2.49. The average Bonchev–Trinajstić information content (AvgIpc) is 2.91. The standard InChI is InChI=1S/C31H26O4/c1-3-20-17-18-25-29(33)24(21-11-6-4-7-12-21)19-27(32)31(25,22-13-8-5-9-14-22)28(20)23-15-10-16-26(35-2)30(23)34/h3-17,19,25,28,34H,1,18H2,2H3. The van der Waals surface area contributed by atoms with Crippen LogP contribution in [0.5, 0.6) is 11.5 Å². The predicted octanol–water partition coefficient (Wildman–Crippen LogP) is 5.79. The van der Waals surface area contributed by atoms with Gasteiger partial charge in [0.25, 0.3) is 0 Å². The molecule has 0 aromatic heterocycles. The normalized spacial score (nSPS) is 23.7. The number of benzene rings is 3. The van der Waals surface area contributed by atoms with E-state index in [1.807, 2.05) is 66.7 Å². The molecule has 3 aromatic carbocycles. The third kappa shape index (κ3) is 3.36. The van der Waals surface area contributed by atoms with Gasteiger partial charge in [-0.2, -0.15) is 0 Å². The van der Waals surface area contributed by atoms with Crippen LogP contribution in [0.15, 0.2) is 109 Å². The zero-order valence-electron chi connectivity index (χ0n) is 19.5. The molecule has 3 unspecified atom stereocenters. The summed E-state index contributed by atoms with van der Waals surface area (Å²) in [4.78, 5) is 28.5. The number of aromatic hydroxyl groups is 1. The third-order valence-corrected chi connectivity index (χ3v) is 7.33. The Morgan fingerprint density at radius 3 is 2.31 bits per heavy atom. The van der Waals surface area contributed by atoms with Gasteiger partial charge in [0.1, 0.15) is 0 Å². The number of fused-ring (bicyclic) bond motifs is 1. The van der Waals surface area contributed by atoms with Crippen molar-refractivity contribution >= 4 is 17.1 Å². The van der Waals surface area contributed by atoms with Gasteiger partial charge >= 0.3 is 0 Å². The van der Waals surface area contributed by atoms with Crippen LogP contribution in [0.2, 0.25) is 0 Å². The molecule has 5 rings (SSSR count). The molecule has 0 aliphatic heterocycles. The van der Waals surface area contributed by atoms with E-state index in [1.165, 1.54) is 13.2 Å². The van der Waals surface area contributed by atoms with Crippen LogP contribution in [-0.4, -0.2) is 23.8 Å². The smallest absolute Gasteiger partial charge is 0.168 e. The third-order valence-electron chi connectivity index (χ3n) is 7.33. The Hall–Kier alpha value is -4.18. The molecule has 35 heavy (non-hydrogen) atoms. The minimum atomic E-state index is -1.24. The quantitative estimate of drug-likeness (QED) is 0.521. The summed E-state index contributed by atoms with van der Waals surface area (Å²) in [5, 5.41) is 11.2. The minimum absolute atomic E-state index is 0.0400. The van der Waals surface area contributed by atoms with Gasteiger partial charge in [0, 0.05) is 23.0 Å². The van der Waals surface area contributed by atoms with Crippen LogP contribution in [0.4, 0.5) is 0 Å². The molecule has 0 spiro atoms. The van der Waals surface area contributed by atoms with Crippen molar-refractivity contribution in [2.75, 3.05) is 7.11 Å². The maximum absolute atomic E-state index is 14.4. The van der Waals surface area contributed by atoms with E-state index in [1.54, 1.807) is 24.3 Å². The zero-order valence-corrected chi connectivity index (χ0v) is 19.5. The Labute approximate surface area is 204 Å². The predicted molar refractivity (Wildman–Crippen MR) is 136 cm³/mol. The minimum Gasteiger partial charge on any atom is -0.504 e. The Morgan fingerprint density at radius 2 is 1.66 bits per heavy atom.